The van der Waals surface area contributed by atoms with E-state index in [0.717, 1.165) is 21.8 Å². The van der Waals surface area contributed by atoms with Crippen molar-refractivity contribution in [2.24, 2.45) is 0 Å². The van der Waals surface area contributed by atoms with E-state index in [4.69, 9.17) is 0 Å². The van der Waals surface area contributed by atoms with Crippen LogP contribution >= 0.6 is 7.92 Å². The molecule has 6 rings (SSSR count). The van der Waals surface area contributed by atoms with E-state index >= 15 is 0 Å². The molecule has 194 valence electrons. The smallest absolute Gasteiger partial charge is 0.0964 e. The van der Waals surface area contributed by atoms with E-state index < -0.39 is 13.0 Å². The first kappa shape index (κ1) is 27.5. The van der Waals surface area contributed by atoms with Crippen molar-refractivity contribution in [3.63, 3.8) is 0 Å². The van der Waals surface area contributed by atoms with Gasteiger partial charge in [-0.05, 0) is 36.0 Å². The van der Waals surface area contributed by atoms with Crippen LogP contribution in [-0.4, -0.2) is 15.0 Å². The number of hydrogen-bond donors (Lipinski definition) is 0. The van der Waals surface area contributed by atoms with Gasteiger partial charge in [-0.25, -0.2) is 0 Å². The summed E-state index contributed by atoms with van der Waals surface area (Å²) in [6.07, 6.45) is 3.60. The van der Waals surface area contributed by atoms with Gasteiger partial charge in [0.1, 0.15) is 0 Å². The summed E-state index contributed by atoms with van der Waals surface area (Å²) in [5, 5.41) is 2.03. The van der Waals surface area contributed by atoms with Crippen LogP contribution in [0.5, 0.6) is 0 Å². The van der Waals surface area contributed by atoms with E-state index in [1.807, 2.05) is 12.1 Å². The van der Waals surface area contributed by atoms with E-state index in [-0.39, 0.29) is 0 Å². The maximum Gasteiger partial charge on any atom is 0.0964 e. The summed E-state index contributed by atoms with van der Waals surface area (Å²) < 4.78 is 30.5. The molecule has 2 aromatic heterocycles. The third-order valence-corrected chi connectivity index (χ3v) is 7.83. The van der Waals surface area contributed by atoms with Crippen molar-refractivity contribution in [2.45, 2.75) is 5.07 Å². The fourth-order valence-corrected chi connectivity index (χ4v) is 6.16. The monoisotopic (exact) mass is 574 g/mol. The molecule has 2 heterocycles. The van der Waals surface area contributed by atoms with Crippen molar-refractivity contribution in [1.29, 1.82) is 0 Å². The van der Waals surface area contributed by atoms with Crippen LogP contribution in [0.1, 0.15) is 0 Å². The topological polar surface area (TPSA) is 25.8 Å². The summed E-state index contributed by atoms with van der Waals surface area (Å²) in [7, 11) is -0.446. The van der Waals surface area contributed by atoms with Crippen molar-refractivity contribution < 1.29 is 29.2 Å². The van der Waals surface area contributed by atoms with Crippen LogP contribution in [0.2, 0.25) is 0 Å². The van der Waals surface area contributed by atoms with E-state index in [9.17, 15) is 13.2 Å². The van der Waals surface area contributed by atoms with Gasteiger partial charge in [-0.2, -0.15) is 0 Å². The number of rotatable bonds is 3. The third-order valence-electron chi connectivity index (χ3n) is 5.39. The minimum atomic E-state index is -4.44. The first-order valence-electron chi connectivity index (χ1n) is 11.7. The average Bonchev–Trinajstić information content (AvgIpc) is 2.94. The Morgan fingerprint density at radius 1 is 0.474 bits per heavy atom. The summed E-state index contributed by atoms with van der Waals surface area (Å²) >= 11 is 2.96. The Morgan fingerprint density at radius 2 is 0.789 bits per heavy atom. The van der Waals surface area contributed by atoms with E-state index in [1.165, 1.54) is 15.9 Å². The second-order valence-corrected chi connectivity index (χ2v) is 10.7. The van der Waals surface area contributed by atoms with Crippen molar-refractivity contribution in [2.75, 3.05) is 0 Å². The van der Waals surface area contributed by atoms with Crippen LogP contribution in [-0.2, 0) is 16.0 Å². The predicted molar refractivity (Wildman–Crippen MR) is 148 cm³/mol. The minimum absolute atomic E-state index is 0.446. The number of fused-ring (bicyclic) bond motifs is 3. The number of pyridine rings is 2. The number of hydrogen-bond acceptors (Lipinski definition) is 2. The predicted octanol–water partition coefficient (Wildman–Crippen LogP) is 7.28. The largest absolute Gasteiger partial charge is 0.254 e. The molecule has 0 aliphatic rings. The fraction of sp³-hybridized carbons (Fsp3) is 0.0323. The van der Waals surface area contributed by atoms with Gasteiger partial charge in [-0.15, -0.1) is 0 Å². The summed E-state index contributed by atoms with van der Waals surface area (Å²) in [5.41, 5.74) is 1.95. The van der Waals surface area contributed by atoms with Gasteiger partial charge < -0.3 is 0 Å². The van der Waals surface area contributed by atoms with Gasteiger partial charge in [-0.3, -0.25) is 9.97 Å². The molecular weight excluding hydrogens is 552 g/mol. The van der Waals surface area contributed by atoms with Crippen molar-refractivity contribution in [1.82, 2.24) is 9.97 Å². The van der Waals surface area contributed by atoms with Gasteiger partial charge in [0.15, 0.2) is 0 Å². The molecule has 0 aliphatic heterocycles. The summed E-state index contributed by atoms with van der Waals surface area (Å²) in [6.45, 7) is 0. The normalized spacial score (nSPS) is 10.9. The molecule has 0 bridgehead atoms. The molecule has 2 nitrogen and oxygen atoms in total. The van der Waals surface area contributed by atoms with Gasteiger partial charge >= 0.3 is 34.3 Å². The molecule has 6 aromatic rings. The number of nitrogens with zero attached hydrogens (tertiary/aromatic N) is 2. The molecule has 38 heavy (non-hydrogen) atoms. The summed E-state index contributed by atoms with van der Waals surface area (Å²) in [6, 6.07) is 44.5. The van der Waals surface area contributed by atoms with Gasteiger partial charge in [0.2, 0.25) is 0 Å². The molecular formula is C31H23CuF3N2P. The van der Waals surface area contributed by atoms with E-state index in [2.05, 4.69) is 141 Å². The molecule has 0 spiro atoms. The summed E-state index contributed by atoms with van der Waals surface area (Å²) in [5.74, 6) is 0. The third kappa shape index (κ3) is 7.97. The van der Waals surface area contributed by atoms with Crippen LogP contribution < -0.4 is 15.9 Å². The first-order valence-corrected chi connectivity index (χ1v) is 13.5. The zero-order valence-corrected chi connectivity index (χ0v) is 21.9. The van der Waals surface area contributed by atoms with Gasteiger partial charge in [0.25, 0.3) is 0 Å². The number of benzene rings is 4. The number of alkyl halides is 3. The first-order chi connectivity index (χ1) is 18.4. The van der Waals surface area contributed by atoms with Crippen molar-refractivity contribution in [3.8, 4) is 0 Å². The second kappa shape index (κ2) is 13.3. The average molecular weight is 575 g/mol. The zero-order valence-electron chi connectivity index (χ0n) is 20.1. The molecule has 0 radical (unpaired) electrons. The fourth-order valence-electron chi connectivity index (χ4n) is 3.86. The Balaban J connectivity index is 0.000000155. The SMILES string of the molecule is F[C](F)(F)[Cu].c1ccc(P(c2ccccc2)c2ccccc2)cc1.c1cnc2c(c1)ccc1cccnc12. The van der Waals surface area contributed by atoms with Crippen LogP contribution in [0.4, 0.5) is 13.2 Å². The maximum atomic E-state index is 10.2. The van der Waals surface area contributed by atoms with Gasteiger partial charge in [-0.1, -0.05) is 115 Å². The van der Waals surface area contributed by atoms with Crippen LogP contribution in [0.15, 0.2) is 140 Å². The standard InChI is InChI=1S/C18H15P.C12H8N2.CF3.Cu/c1-4-10-16(11-5-1)19(17-12-6-2-7-13-17)18-14-8-3-9-15-18;1-3-9-5-6-10-4-2-8-14-12(10)11(9)13-7-1;2-1(3)4;/h1-15H;1-8H;;. The Kier molecular flexibility index (Phi) is 9.61. The molecule has 0 fully saturated rings. The maximum absolute atomic E-state index is 10.2. The quantitative estimate of drug-likeness (QED) is 0.126. The van der Waals surface area contributed by atoms with Crippen LogP contribution in [0.25, 0.3) is 21.8 Å². The molecule has 0 unspecified atom stereocenters. The molecule has 0 N–H and O–H groups in total. The van der Waals surface area contributed by atoms with Crippen LogP contribution in [0.3, 0.4) is 0 Å². The Bertz CT molecular complexity index is 1410. The van der Waals surface area contributed by atoms with Crippen LogP contribution in [0, 0.1) is 0 Å². The molecule has 0 amide bonds. The molecule has 0 saturated carbocycles. The number of halogens is 3. The molecule has 0 atom stereocenters. The van der Waals surface area contributed by atoms with Gasteiger partial charge in [0, 0.05) is 23.2 Å². The van der Waals surface area contributed by atoms with E-state index in [1.54, 1.807) is 12.4 Å². The number of aromatic nitrogens is 2. The Labute approximate surface area is 229 Å². The van der Waals surface area contributed by atoms with Crippen molar-refractivity contribution in [3.05, 3.63) is 140 Å². The Hall–Kier alpha value is -3.56. The van der Waals surface area contributed by atoms with Gasteiger partial charge in [0.05, 0.1) is 11.0 Å². The van der Waals surface area contributed by atoms with E-state index in [0.29, 0.717) is 0 Å². The minimum Gasteiger partial charge on any atom is -0.254 e. The molecule has 0 saturated heterocycles. The second-order valence-electron chi connectivity index (χ2n) is 7.94. The summed E-state index contributed by atoms with van der Waals surface area (Å²) in [4.78, 5) is 8.69. The van der Waals surface area contributed by atoms with Crippen molar-refractivity contribution >= 4 is 45.6 Å². The molecule has 7 heteroatoms. The molecule has 0 aliphatic carbocycles. The Morgan fingerprint density at radius 3 is 1.11 bits per heavy atom. The molecule has 4 aromatic carbocycles. The zero-order chi connectivity index (χ0) is 26.8.